The molecule has 0 fully saturated rings. The number of aliphatic hydroxyl groups excluding tert-OH is 1. The number of carbonyl (C=O) groups excluding carboxylic acids is 1. The lowest BCUT2D eigenvalue weighted by Crippen LogP contribution is -2.35. The van der Waals surface area contributed by atoms with Crippen LogP contribution in [0.4, 0.5) is 13.2 Å². The van der Waals surface area contributed by atoms with Crippen molar-refractivity contribution in [2.24, 2.45) is 0 Å². The number of rotatable bonds is 5. The Morgan fingerprint density at radius 1 is 1.47 bits per heavy atom. The summed E-state index contributed by atoms with van der Waals surface area (Å²) in [5.41, 5.74) is 0.393. The molecule has 4 nitrogen and oxygen atoms in total. The molecule has 1 amide bonds. The minimum absolute atomic E-state index is 0.0839. The molecule has 0 bridgehead atoms. The maximum atomic E-state index is 12.0. The molecule has 0 aliphatic rings. The van der Waals surface area contributed by atoms with Gasteiger partial charge in [0.1, 0.15) is 5.75 Å². The molecule has 106 valence electrons. The van der Waals surface area contributed by atoms with Crippen molar-refractivity contribution in [2.75, 3.05) is 6.61 Å². The van der Waals surface area contributed by atoms with Crippen molar-refractivity contribution >= 4 is 5.91 Å². The number of hydrogen-bond donors (Lipinski definition) is 2. The molecule has 1 unspecified atom stereocenters. The normalized spacial score (nSPS) is 12.9. The number of alkyl halides is 3. The lowest BCUT2D eigenvalue weighted by molar-refractivity contribution is -0.274. The number of aliphatic hydroxyl groups is 1. The van der Waals surface area contributed by atoms with Crippen LogP contribution in [0, 0.1) is 0 Å². The third kappa shape index (κ3) is 6.10. The van der Waals surface area contributed by atoms with Gasteiger partial charge in [-0.25, -0.2) is 0 Å². The number of carbonyl (C=O) groups is 1. The van der Waals surface area contributed by atoms with Crippen LogP contribution in [0.25, 0.3) is 0 Å². The van der Waals surface area contributed by atoms with Crippen LogP contribution in [0.2, 0.25) is 0 Å². The quantitative estimate of drug-likeness (QED) is 0.860. The van der Waals surface area contributed by atoms with E-state index in [1.165, 1.54) is 12.1 Å². The van der Waals surface area contributed by atoms with Gasteiger partial charge in [0, 0.05) is 6.04 Å². The highest BCUT2D eigenvalue weighted by atomic mass is 19.4. The second kappa shape index (κ2) is 6.42. The first-order valence-corrected chi connectivity index (χ1v) is 5.55. The summed E-state index contributed by atoms with van der Waals surface area (Å²) in [4.78, 5) is 11.5. The van der Waals surface area contributed by atoms with Crippen LogP contribution in [0.15, 0.2) is 24.3 Å². The van der Waals surface area contributed by atoms with E-state index in [0.29, 0.717) is 5.56 Å². The molecule has 0 aliphatic carbocycles. The van der Waals surface area contributed by atoms with Gasteiger partial charge in [0.05, 0.1) is 13.0 Å². The zero-order valence-electron chi connectivity index (χ0n) is 10.2. The standard InChI is InChI=1S/C12H14F3NO3/c1-8(7-17)16-11(18)6-9-3-2-4-10(5-9)19-12(13,14)15/h2-5,8,17H,6-7H2,1H3,(H,16,18). The van der Waals surface area contributed by atoms with E-state index < -0.39 is 12.4 Å². The molecule has 1 rings (SSSR count). The molecule has 0 spiro atoms. The summed E-state index contributed by atoms with van der Waals surface area (Å²) < 4.78 is 39.8. The van der Waals surface area contributed by atoms with Crippen LogP contribution in [0.3, 0.4) is 0 Å². The van der Waals surface area contributed by atoms with Crippen molar-refractivity contribution in [1.29, 1.82) is 0 Å². The Balaban J connectivity index is 2.64. The predicted molar refractivity (Wildman–Crippen MR) is 61.5 cm³/mol. The maximum absolute atomic E-state index is 12.0. The monoisotopic (exact) mass is 277 g/mol. The molecule has 0 radical (unpaired) electrons. The predicted octanol–water partition coefficient (Wildman–Crippen LogP) is 1.62. The van der Waals surface area contributed by atoms with Crippen LogP contribution < -0.4 is 10.1 Å². The smallest absolute Gasteiger partial charge is 0.406 e. The second-order valence-electron chi connectivity index (χ2n) is 4.02. The SMILES string of the molecule is CC(CO)NC(=O)Cc1cccc(OC(F)(F)F)c1. The van der Waals surface area contributed by atoms with Gasteiger partial charge >= 0.3 is 6.36 Å². The maximum Gasteiger partial charge on any atom is 0.573 e. The van der Waals surface area contributed by atoms with Gasteiger partial charge < -0.3 is 15.2 Å². The fourth-order valence-electron chi connectivity index (χ4n) is 1.41. The molecule has 0 saturated carbocycles. The number of benzene rings is 1. The second-order valence-corrected chi connectivity index (χ2v) is 4.02. The Hall–Kier alpha value is -1.76. The number of halogens is 3. The van der Waals surface area contributed by atoms with E-state index >= 15 is 0 Å². The van der Waals surface area contributed by atoms with E-state index in [1.807, 2.05) is 0 Å². The minimum Gasteiger partial charge on any atom is -0.406 e. The van der Waals surface area contributed by atoms with Crippen LogP contribution in [0.5, 0.6) is 5.75 Å². The molecule has 1 aromatic carbocycles. The Bertz CT molecular complexity index is 434. The molecule has 0 aliphatic heterocycles. The summed E-state index contributed by atoms with van der Waals surface area (Å²) in [6, 6.07) is 4.80. The lowest BCUT2D eigenvalue weighted by atomic mass is 10.1. The fraction of sp³-hybridized carbons (Fsp3) is 0.417. The number of amides is 1. The molecular formula is C12H14F3NO3. The van der Waals surface area contributed by atoms with E-state index in [9.17, 15) is 18.0 Å². The zero-order valence-corrected chi connectivity index (χ0v) is 10.2. The van der Waals surface area contributed by atoms with Crippen molar-refractivity contribution in [3.05, 3.63) is 29.8 Å². The van der Waals surface area contributed by atoms with Gasteiger partial charge in [0.2, 0.25) is 5.91 Å². The van der Waals surface area contributed by atoms with Crippen molar-refractivity contribution in [3.63, 3.8) is 0 Å². The number of ether oxygens (including phenoxy) is 1. The first kappa shape index (κ1) is 15.3. The van der Waals surface area contributed by atoms with Gasteiger partial charge in [-0.2, -0.15) is 0 Å². The van der Waals surface area contributed by atoms with Crippen LogP contribution in [-0.2, 0) is 11.2 Å². The third-order valence-electron chi connectivity index (χ3n) is 2.18. The fourth-order valence-corrected chi connectivity index (χ4v) is 1.41. The zero-order chi connectivity index (χ0) is 14.5. The molecule has 2 N–H and O–H groups in total. The minimum atomic E-state index is -4.76. The molecule has 7 heteroatoms. The largest absolute Gasteiger partial charge is 0.573 e. The number of hydrogen-bond acceptors (Lipinski definition) is 3. The highest BCUT2D eigenvalue weighted by Gasteiger charge is 2.31. The molecule has 0 saturated heterocycles. The Kier molecular flexibility index (Phi) is 5.17. The van der Waals surface area contributed by atoms with Gasteiger partial charge in [-0.15, -0.1) is 13.2 Å². The average molecular weight is 277 g/mol. The highest BCUT2D eigenvalue weighted by Crippen LogP contribution is 2.23. The van der Waals surface area contributed by atoms with Crippen molar-refractivity contribution in [1.82, 2.24) is 5.32 Å². The van der Waals surface area contributed by atoms with E-state index in [2.05, 4.69) is 10.1 Å². The van der Waals surface area contributed by atoms with Crippen molar-refractivity contribution < 1.29 is 27.8 Å². The summed E-state index contributed by atoms with van der Waals surface area (Å²) in [5, 5.41) is 11.3. The topological polar surface area (TPSA) is 58.6 Å². The van der Waals surface area contributed by atoms with E-state index in [-0.39, 0.29) is 24.7 Å². The summed E-state index contributed by atoms with van der Waals surface area (Å²) in [7, 11) is 0. The van der Waals surface area contributed by atoms with E-state index in [1.54, 1.807) is 6.92 Å². The highest BCUT2D eigenvalue weighted by molar-refractivity contribution is 5.78. The molecule has 19 heavy (non-hydrogen) atoms. The van der Waals surface area contributed by atoms with Gasteiger partial charge in [-0.1, -0.05) is 12.1 Å². The molecule has 0 aromatic heterocycles. The molecule has 1 aromatic rings. The van der Waals surface area contributed by atoms with Crippen molar-refractivity contribution in [3.8, 4) is 5.75 Å². The van der Waals surface area contributed by atoms with Gasteiger partial charge in [0.25, 0.3) is 0 Å². The van der Waals surface area contributed by atoms with Crippen LogP contribution >= 0.6 is 0 Å². The lowest BCUT2D eigenvalue weighted by Gasteiger charge is -2.12. The van der Waals surface area contributed by atoms with Crippen molar-refractivity contribution in [2.45, 2.75) is 25.7 Å². The third-order valence-corrected chi connectivity index (χ3v) is 2.18. The molecule has 0 heterocycles. The van der Waals surface area contributed by atoms with Crippen LogP contribution in [0.1, 0.15) is 12.5 Å². The van der Waals surface area contributed by atoms with E-state index in [0.717, 1.165) is 12.1 Å². The van der Waals surface area contributed by atoms with Gasteiger partial charge in [-0.05, 0) is 24.6 Å². The summed E-state index contributed by atoms with van der Waals surface area (Å²) >= 11 is 0. The first-order chi connectivity index (χ1) is 8.80. The summed E-state index contributed by atoms with van der Waals surface area (Å²) in [6.07, 6.45) is -4.84. The molecule has 1 atom stereocenters. The summed E-state index contributed by atoms with van der Waals surface area (Å²) in [6.45, 7) is 1.41. The first-order valence-electron chi connectivity index (χ1n) is 5.55. The van der Waals surface area contributed by atoms with Crippen LogP contribution in [-0.4, -0.2) is 30.0 Å². The van der Waals surface area contributed by atoms with Gasteiger partial charge in [0.15, 0.2) is 0 Å². The van der Waals surface area contributed by atoms with Gasteiger partial charge in [-0.3, -0.25) is 4.79 Å². The Morgan fingerprint density at radius 3 is 2.74 bits per heavy atom. The summed E-state index contributed by atoms with van der Waals surface area (Å²) in [5.74, 6) is -0.751. The number of nitrogens with one attached hydrogen (secondary N) is 1. The Morgan fingerprint density at radius 2 is 2.16 bits per heavy atom. The Labute approximate surface area is 108 Å². The molecular weight excluding hydrogens is 263 g/mol. The van der Waals surface area contributed by atoms with E-state index in [4.69, 9.17) is 5.11 Å². The average Bonchev–Trinajstić information content (AvgIpc) is 2.26.